The van der Waals surface area contributed by atoms with Gasteiger partial charge in [0.2, 0.25) is 0 Å². The van der Waals surface area contributed by atoms with Crippen LogP contribution in [0, 0.1) is 6.92 Å². The van der Waals surface area contributed by atoms with Crippen molar-refractivity contribution in [1.29, 1.82) is 0 Å². The van der Waals surface area contributed by atoms with Gasteiger partial charge in [-0.05, 0) is 42.6 Å². The van der Waals surface area contributed by atoms with Crippen LogP contribution in [0.5, 0.6) is 0 Å². The molecule has 0 radical (unpaired) electrons. The van der Waals surface area contributed by atoms with Crippen LogP contribution in [-0.4, -0.2) is 20.5 Å². The fraction of sp³-hybridized carbons (Fsp3) is 0.462. The average Bonchev–Trinajstić information content (AvgIpc) is 2.34. The SMILES string of the molecule is CC[C@H](C)[S@](=O)c1c(C(F)(F)Cl)ccc(C(=O)O)c1C. The van der Waals surface area contributed by atoms with Crippen molar-refractivity contribution in [3.63, 3.8) is 0 Å². The third-order valence-electron chi connectivity index (χ3n) is 3.08. The molecule has 0 spiro atoms. The van der Waals surface area contributed by atoms with E-state index in [0.29, 0.717) is 6.42 Å². The number of rotatable bonds is 5. The van der Waals surface area contributed by atoms with Gasteiger partial charge < -0.3 is 5.11 Å². The summed E-state index contributed by atoms with van der Waals surface area (Å²) in [6.45, 7) is 4.79. The van der Waals surface area contributed by atoms with Crippen LogP contribution in [0.1, 0.15) is 41.8 Å². The first kappa shape index (κ1) is 17.0. The number of alkyl halides is 3. The van der Waals surface area contributed by atoms with Crippen LogP contribution < -0.4 is 0 Å². The van der Waals surface area contributed by atoms with E-state index >= 15 is 0 Å². The molecule has 0 aliphatic rings. The van der Waals surface area contributed by atoms with E-state index < -0.39 is 27.7 Å². The molecule has 0 fully saturated rings. The van der Waals surface area contributed by atoms with Crippen LogP contribution in [0.4, 0.5) is 8.78 Å². The summed E-state index contributed by atoms with van der Waals surface area (Å²) in [5.41, 5.74) is -0.685. The zero-order valence-corrected chi connectivity index (χ0v) is 12.8. The van der Waals surface area contributed by atoms with Gasteiger partial charge in [0.25, 0.3) is 0 Å². The van der Waals surface area contributed by atoms with Crippen LogP contribution in [0.25, 0.3) is 0 Å². The first-order valence-corrected chi connectivity index (χ1v) is 7.55. The Hall–Kier alpha value is -1.01. The van der Waals surface area contributed by atoms with E-state index in [4.69, 9.17) is 16.7 Å². The van der Waals surface area contributed by atoms with E-state index in [1.165, 1.54) is 6.92 Å². The monoisotopic (exact) mass is 324 g/mol. The third kappa shape index (κ3) is 3.35. The fourth-order valence-electron chi connectivity index (χ4n) is 1.76. The normalized spacial score (nSPS) is 14.9. The molecule has 3 nitrogen and oxygen atoms in total. The molecule has 0 amide bonds. The summed E-state index contributed by atoms with van der Waals surface area (Å²) in [5, 5.41) is 4.97. The van der Waals surface area contributed by atoms with Gasteiger partial charge in [-0.15, -0.1) is 0 Å². The molecular weight excluding hydrogens is 310 g/mol. The van der Waals surface area contributed by atoms with E-state index in [9.17, 15) is 17.8 Å². The second-order valence-corrected chi connectivity index (χ2v) is 6.72. The van der Waals surface area contributed by atoms with Crippen LogP contribution in [0.2, 0.25) is 0 Å². The summed E-state index contributed by atoms with van der Waals surface area (Å²) < 4.78 is 39.2. The summed E-state index contributed by atoms with van der Waals surface area (Å²) in [7, 11) is -1.75. The molecule has 1 aromatic carbocycles. The molecule has 20 heavy (non-hydrogen) atoms. The Morgan fingerprint density at radius 2 is 2.05 bits per heavy atom. The van der Waals surface area contributed by atoms with Gasteiger partial charge in [0.1, 0.15) is 0 Å². The van der Waals surface area contributed by atoms with Crippen molar-refractivity contribution in [2.24, 2.45) is 0 Å². The lowest BCUT2D eigenvalue weighted by Crippen LogP contribution is -2.18. The number of aromatic carboxylic acids is 1. The molecule has 1 N–H and O–H groups in total. The van der Waals surface area contributed by atoms with E-state index in [2.05, 4.69) is 0 Å². The van der Waals surface area contributed by atoms with Crippen molar-refractivity contribution in [2.75, 3.05) is 0 Å². The van der Waals surface area contributed by atoms with Crippen LogP contribution in [0.3, 0.4) is 0 Å². The van der Waals surface area contributed by atoms with Crippen molar-refractivity contribution in [3.8, 4) is 0 Å². The van der Waals surface area contributed by atoms with Crippen molar-refractivity contribution in [2.45, 2.75) is 42.7 Å². The lowest BCUT2D eigenvalue weighted by atomic mass is 10.0. The van der Waals surface area contributed by atoms with Crippen molar-refractivity contribution in [1.82, 2.24) is 0 Å². The summed E-state index contributed by atoms with van der Waals surface area (Å²) in [5.74, 6) is -1.26. The Balaban J connectivity index is 3.62. The lowest BCUT2D eigenvalue weighted by Gasteiger charge is -2.19. The first-order valence-electron chi connectivity index (χ1n) is 5.95. The lowest BCUT2D eigenvalue weighted by molar-refractivity contribution is 0.0693. The summed E-state index contributed by atoms with van der Waals surface area (Å²) in [4.78, 5) is 10.9. The number of hydrogen-bond acceptors (Lipinski definition) is 2. The highest BCUT2D eigenvalue weighted by Crippen LogP contribution is 2.39. The van der Waals surface area contributed by atoms with E-state index in [0.717, 1.165) is 12.1 Å². The molecule has 0 aromatic heterocycles. The Bertz CT molecular complexity index is 555. The zero-order valence-electron chi connectivity index (χ0n) is 11.2. The minimum absolute atomic E-state index is 0.0639. The molecule has 0 bridgehead atoms. The molecule has 0 unspecified atom stereocenters. The average molecular weight is 325 g/mol. The molecule has 0 saturated heterocycles. The number of carbonyl (C=O) groups is 1. The predicted octanol–water partition coefficient (Wildman–Crippen LogP) is 3.89. The standard InChI is InChI=1S/C13H15ClF2O3S/c1-4-7(2)20(19)11-8(3)9(12(17)18)5-6-10(11)13(14,15)16/h5-7H,4H2,1-3H3,(H,17,18)/t7-,20-/m0/s1. The number of carboxylic acid groups (broad SMARTS) is 1. The van der Waals surface area contributed by atoms with E-state index in [1.54, 1.807) is 13.8 Å². The van der Waals surface area contributed by atoms with Crippen molar-refractivity contribution in [3.05, 3.63) is 28.8 Å². The largest absolute Gasteiger partial charge is 0.478 e. The zero-order chi connectivity index (χ0) is 15.7. The molecule has 1 rings (SSSR count). The highest BCUT2D eigenvalue weighted by Gasteiger charge is 2.35. The topological polar surface area (TPSA) is 54.4 Å². The van der Waals surface area contributed by atoms with E-state index in [1.807, 2.05) is 0 Å². The minimum Gasteiger partial charge on any atom is -0.478 e. The van der Waals surface area contributed by atoms with Gasteiger partial charge in [0.05, 0.1) is 26.8 Å². The van der Waals surface area contributed by atoms with Gasteiger partial charge >= 0.3 is 11.4 Å². The maximum absolute atomic E-state index is 13.4. The van der Waals surface area contributed by atoms with Crippen LogP contribution in [0.15, 0.2) is 17.0 Å². The van der Waals surface area contributed by atoms with Gasteiger partial charge in [-0.25, -0.2) is 4.79 Å². The fourth-order valence-corrected chi connectivity index (χ4v) is 3.50. The van der Waals surface area contributed by atoms with Crippen LogP contribution in [-0.2, 0) is 16.2 Å². The van der Waals surface area contributed by atoms with Crippen molar-refractivity contribution < 1.29 is 22.9 Å². The number of carboxylic acids is 1. The second-order valence-electron chi connectivity index (χ2n) is 4.43. The second kappa shape index (κ2) is 6.18. The molecule has 0 saturated carbocycles. The molecule has 7 heteroatoms. The predicted molar refractivity (Wildman–Crippen MR) is 74.0 cm³/mol. The third-order valence-corrected chi connectivity index (χ3v) is 5.28. The first-order chi connectivity index (χ1) is 9.11. The molecule has 0 heterocycles. The van der Waals surface area contributed by atoms with Gasteiger partial charge in [0, 0.05) is 5.25 Å². The number of hydrogen-bond donors (Lipinski definition) is 1. The summed E-state index contributed by atoms with van der Waals surface area (Å²) in [6, 6.07) is 1.99. The smallest absolute Gasteiger partial charge is 0.349 e. The Kier molecular flexibility index (Phi) is 5.27. The molecule has 2 atom stereocenters. The molecular formula is C13H15ClF2O3S. The number of benzene rings is 1. The minimum atomic E-state index is -3.69. The quantitative estimate of drug-likeness (QED) is 0.836. The Morgan fingerprint density at radius 3 is 2.45 bits per heavy atom. The van der Waals surface area contributed by atoms with E-state index in [-0.39, 0.29) is 21.3 Å². The molecule has 0 aliphatic heterocycles. The maximum atomic E-state index is 13.4. The molecule has 112 valence electrons. The van der Waals surface area contributed by atoms with Gasteiger partial charge in [-0.1, -0.05) is 13.8 Å². The Labute approximate surface area is 123 Å². The van der Waals surface area contributed by atoms with Crippen LogP contribution >= 0.6 is 11.6 Å². The highest BCUT2D eigenvalue weighted by atomic mass is 35.5. The van der Waals surface area contributed by atoms with Gasteiger partial charge in [0.15, 0.2) is 0 Å². The Morgan fingerprint density at radius 1 is 1.50 bits per heavy atom. The van der Waals surface area contributed by atoms with Gasteiger partial charge in [-0.2, -0.15) is 8.78 Å². The molecule has 0 aliphatic carbocycles. The van der Waals surface area contributed by atoms with Gasteiger partial charge in [-0.3, -0.25) is 4.21 Å². The molecule has 1 aromatic rings. The number of halogens is 3. The summed E-state index contributed by atoms with van der Waals surface area (Å²) >= 11 is 5.04. The maximum Gasteiger partial charge on any atom is 0.349 e. The highest BCUT2D eigenvalue weighted by molar-refractivity contribution is 7.85. The van der Waals surface area contributed by atoms with Crippen molar-refractivity contribution >= 4 is 28.4 Å². The summed E-state index contributed by atoms with van der Waals surface area (Å²) in [6.07, 6.45) is 0.511.